The maximum Gasteiger partial charge on any atom is 0.417 e. The van der Waals surface area contributed by atoms with Crippen LogP contribution in [0.25, 0.3) is 11.1 Å². The number of fused-ring (bicyclic) bond motifs is 1. The van der Waals surface area contributed by atoms with E-state index in [1.165, 1.54) is 0 Å². The molecule has 0 spiro atoms. The zero-order valence-electron chi connectivity index (χ0n) is 14.2. The summed E-state index contributed by atoms with van der Waals surface area (Å²) in [6.45, 7) is 2.77. The molecular formula is C19H19N3O4. The number of nitrogens with one attached hydrogen (secondary N) is 1. The Morgan fingerprint density at radius 3 is 2.62 bits per heavy atom. The Bertz CT molecular complexity index is 956. The summed E-state index contributed by atoms with van der Waals surface area (Å²) in [4.78, 5) is 30.3. The average Bonchev–Trinajstić information content (AvgIpc) is 3.06. The number of para-hydroxylation sites is 1. The van der Waals surface area contributed by atoms with Gasteiger partial charge in [-0.2, -0.15) is 0 Å². The Morgan fingerprint density at radius 2 is 1.85 bits per heavy atom. The molecular weight excluding hydrogens is 334 g/mol. The average molecular weight is 353 g/mol. The van der Waals surface area contributed by atoms with Gasteiger partial charge in [0.15, 0.2) is 12.2 Å². The summed E-state index contributed by atoms with van der Waals surface area (Å²) < 4.78 is 10.6. The number of ether oxygens (including phenoxy) is 1. The predicted octanol–water partition coefficient (Wildman–Crippen LogP) is 1.85. The summed E-state index contributed by atoms with van der Waals surface area (Å²) in [5, 5.41) is 0. The summed E-state index contributed by atoms with van der Waals surface area (Å²) in [6.07, 6.45) is 0. The van der Waals surface area contributed by atoms with Crippen LogP contribution in [-0.2, 0) is 4.79 Å². The Hall–Kier alpha value is -3.22. The molecule has 1 aromatic heterocycles. The van der Waals surface area contributed by atoms with Gasteiger partial charge in [-0.1, -0.05) is 18.2 Å². The van der Waals surface area contributed by atoms with E-state index in [1.54, 1.807) is 6.07 Å². The molecule has 0 saturated carbocycles. The molecule has 2 aromatic carbocycles. The van der Waals surface area contributed by atoms with Crippen LogP contribution in [0, 0.1) is 0 Å². The molecule has 3 aromatic rings. The SMILES string of the molecule is O=C(COc1ccccc1)N1CCN(c2ccc3oc(=O)[nH]c3c2)CC1. The largest absolute Gasteiger partial charge is 0.484 e. The first-order valence-corrected chi connectivity index (χ1v) is 8.52. The van der Waals surface area contributed by atoms with Gasteiger partial charge in [0.2, 0.25) is 0 Å². The monoisotopic (exact) mass is 353 g/mol. The first kappa shape index (κ1) is 16.3. The van der Waals surface area contributed by atoms with Crippen LogP contribution in [0.5, 0.6) is 5.75 Å². The number of aromatic nitrogens is 1. The summed E-state index contributed by atoms with van der Waals surface area (Å²) in [6, 6.07) is 14.9. The maximum absolute atomic E-state index is 12.3. The van der Waals surface area contributed by atoms with Crippen molar-refractivity contribution in [1.29, 1.82) is 0 Å². The zero-order chi connectivity index (χ0) is 17.9. The lowest BCUT2D eigenvalue weighted by molar-refractivity contribution is -0.133. The molecule has 26 heavy (non-hydrogen) atoms. The smallest absolute Gasteiger partial charge is 0.417 e. The van der Waals surface area contributed by atoms with Crippen LogP contribution in [0.3, 0.4) is 0 Å². The Labute approximate surface area is 149 Å². The molecule has 2 heterocycles. The highest BCUT2D eigenvalue weighted by Gasteiger charge is 2.22. The van der Waals surface area contributed by atoms with Crippen LogP contribution in [0.1, 0.15) is 0 Å². The van der Waals surface area contributed by atoms with Crippen LogP contribution in [0.2, 0.25) is 0 Å². The van der Waals surface area contributed by atoms with Gasteiger partial charge in [-0.25, -0.2) is 4.79 Å². The second-order valence-corrected chi connectivity index (χ2v) is 6.16. The number of carbonyl (C=O) groups is 1. The first-order chi connectivity index (χ1) is 12.7. The van der Waals surface area contributed by atoms with Gasteiger partial charge in [0.1, 0.15) is 5.75 Å². The van der Waals surface area contributed by atoms with Gasteiger partial charge in [0, 0.05) is 31.9 Å². The fraction of sp³-hybridized carbons (Fsp3) is 0.263. The molecule has 0 atom stereocenters. The van der Waals surface area contributed by atoms with Crippen molar-refractivity contribution in [3.63, 3.8) is 0 Å². The number of aromatic amines is 1. The van der Waals surface area contributed by atoms with Gasteiger partial charge in [-0.3, -0.25) is 9.78 Å². The number of anilines is 1. The zero-order valence-corrected chi connectivity index (χ0v) is 14.2. The van der Waals surface area contributed by atoms with E-state index in [4.69, 9.17) is 9.15 Å². The minimum absolute atomic E-state index is 0.0110. The van der Waals surface area contributed by atoms with E-state index >= 15 is 0 Å². The van der Waals surface area contributed by atoms with Crippen molar-refractivity contribution in [2.24, 2.45) is 0 Å². The molecule has 1 fully saturated rings. The van der Waals surface area contributed by atoms with E-state index in [2.05, 4.69) is 9.88 Å². The number of piperazine rings is 1. The Balaban J connectivity index is 1.34. The minimum Gasteiger partial charge on any atom is -0.484 e. The number of rotatable bonds is 4. The van der Waals surface area contributed by atoms with Crippen LogP contribution in [0.15, 0.2) is 57.7 Å². The summed E-state index contributed by atoms with van der Waals surface area (Å²) in [5.74, 6) is 0.232. The van der Waals surface area contributed by atoms with E-state index in [0.717, 1.165) is 18.8 Å². The first-order valence-electron chi connectivity index (χ1n) is 8.52. The highest BCUT2D eigenvalue weighted by molar-refractivity contribution is 5.79. The van der Waals surface area contributed by atoms with E-state index in [9.17, 15) is 9.59 Å². The van der Waals surface area contributed by atoms with Gasteiger partial charge < -0.3 is 19.0 Å². The molecule has 1 saturated heterocycles. The molecule has 0 unspecified atom stereocenters. The standard InChI is InChI=1S/C19H19N3O4/c23-18(13-25-15-4-2-1-3-5-15)22-10-8-21(9-11-22)14-6-7-17-16(12-14)20-19(24)26-17/h1-7,12H,8-11,13H2,(H,20,24). The quantitative estimate of drug-likeness (QED) is 0.774. The van der Waals surface area contributed by atoms with Crippen molar-refractivity contribution in [3.05, 3.63) is 59.1 Å². The van der Waals surface area contributed by atoms with Gasteiger partial charge >= 0.3 is 5.76 Å². The van der Waals surface area contributed by atoms with Crippen molar-refractivity contribution >= 4 is 22.7 Å². The Kier molecular flexibility index (Phi) is 4.35. The van der Waals surface area contributed by atoms with Crippen molar-refractivity contribution in [2.45, 2.75) is 0 Å². The fourth-order valence-corrected chi connectivity index (χ4v) is 3.10. The molecule has 1 aliphatic heterocycles. The third-order valence-electron chi connectivity index (χ3n) is 4.51. The molecule has 1 aliphatic rings. The van der Waals surface area contributed by atoms with E-state index in [1.807, 2.05) is 47.4 Å². The maximum atomic E-state index is 12.3. The predicted molar refractivity (Wildman–Crippen MR) is 97.6 cm³/mol. The number of benzene rings is 2. The molecule has 134 valence electrons. The second-order valence-electron chi connectivity index (χ2n) is 6.16. The van der Waals surface area contributed by atoms with Gasteiger partial charge in [-0.15, -0.1) is 0 Å². The number of carbonyl (C=O) groups excluding carboxylic acids is 1. The molecule has 0 aliphatic carbocycles. The van der Waals surface area contributed by atoms with Crippen molar-refractivity contribution in [1.82, 2.24) is 9.88 Å². The number of nitrogens with zero attached hydrogens (tertiary/aromatic N) is 2. The highest BCUT2D eigenvalue weighted by Crippen LogP contribution is 2.21. The third kappa shape index (κ3) is 3.42. The second kappa shape index (κ2) is 6.95. The number of amides is 1. The number of H-pyrrole nitrogens is 1. The molecule has 1 amide bonds. The number of hydrogen-bond donors (Lipinski definition) is 1. The topological polar surface area (TPSA) is 78.8 Å². The van der Waals surface area contributed by atoms with Crippen molar-refractivity contribution in [2.75, 3.05) is 37.7 Å². The molecule has 0 bridgehead atoms. The highest BCUT2D eigenvalue weighted by atomic mass is 16.5. The molecule has 4 rings (SSSR count). The van der Waals surface area contributed by atoms with E-state index in [-0.39, 0.29) is 12.5 Å². The lowest BCUT2D eigenvalue weighted by atomic mass is 10.2. The fourth-order valence-electron chi connectivity index (χ4n) is 3.10. The normalized spacial score (nSPS) is 14.6. The lowest BCUT2D eigenvalue weighted by Crippen LogP contribution is -2.50. The minimum atomic E-state index is -0.453. The van der Waals surface area contributed by atoms with Crippen LogP contribution in [0.4, 0.5) is 5.69 Å². The van der Waals surface area contributed by atoms with Crippen LogP contribution >= 0.6 is 0 Å². The molecule has 7 heteroatoms. The van der Waals surface area contributed by atoms with Crippen molar-refractivity contribution < 1.29 is 13.9 Å². The van der Waals surface area contributed by atoms with Gasteiger partial charge in [0.05, 0.1) is 5.52 Å². The van der Waals surface area contributed by atoms with Gasteiger partial charge in [-0.05, 0) is 30.3 Å². The number of hydrogen-bond acceptors (Lipinski definition) is 5. The van der Waals surface area contributed by atoms with Gasteiger partial charge in [0.25, 0.3) is 5.91 Å². The van der Waals surface area contributed by atoms with Crippen LogP contribution in [-0.4, -0.2) is 48.6 Å². The third-order valence-corrected chi connectivity index (χ3v) is 4.51. The van der Waals surface area contributed by atoms with Crippen molar-refractivity contribution in [3.8, 4) is 5.75 Å². The lowest BCUT2D eigenvalue weighted by Gasteiger charge is -2.36. The van der Waals surface area contributed by atoms with E-state index < -0.39 is 5.76 Å². The van der Waals surface area contributed by atoms with Crippen LogP contribution < -0.4 is 15.4 Å². The molecule has 7 nitrogen and oxygen atoms in total. The summed E-state index contributed by atoms with van der Waals surface area (Å²) >= 11 is 0. The Morgan fingerprint density at radius 1 is 1.08 bits per heavy atom. The summed E-state index contributed by atoms with van der Waals surface area (Å²) in [7, 11) is 0. The molecule has 1 N–H and O–H groups in total. The van der Waals surface area contributed by atoms with E-state index in [0.29, 0.717) is 29.9 Å². The summed E-state index contributed by atoms with van der Waals surface area (Å²) in [5.41, 5.74) is 2.23. The number of oxazole rings is 1. The molecule has 0 radical (unpaired) electrons.